The molecule has 17 heavy (non-hydrogen) atoms. The summed E-state index contributed by atoms with van der Waals surface area (Å²) in [5, 5.41) is 0. The van der Waals surface area contributed by atoms with Crippen molar-refractivity contribution in [2.75, 3.05) is 13.6 Å². The van der Waals surface area contributed by atoms with Gasteiger partial charge in [0.1, 0.15) is 6.29 Å². The van der Waals surface area contributed by atoms with E-state index in [2.05, 4.69) is 0 Å². The lowest BCUT2D eigenvalue weighted by atomic mass is 10.1. The van der Waals surface area contributed by atoms with E-state index in [4.69, 9.17) is 0 Å². The predicted octanol–water partition coefficient (Wildman–Crippen LogP) is 1.43. The molecular formula is C12H17NO3S. The van der Waals surface area contributed by atoms with E-state index in [0.29, 0.717) is 22.3 Å². The van der Waals surface area contributed by atoms with Crippen molar-refractivity contribution in [1.82, 2.24) is 4.31 Å². The van der Waals surface area contributed by atoms with Gasteiger partial charge >= 0.3 is 0 Å². The smallest absolute Gasteiger partial charge is 0.243 e. The first kappa shape index (κ1) is 13.9. The Bertz CT molecular complexity index is 512. The summed E-state index contributed by atoms with van der Waals surface area (Å²) in [6, 6.07) is 3.66. The molecule has 0 fully saturated rings. The summed E-state index contributed by atoms with van der Waals surface area (Å²) >= 11 is 0. The second kappa shape index (κ2) is 4.98. The van der Waals surface area contributed by atoms with Crippen molar-refractivity contribution in [1.29, 1.82) is 0 Å². The zero-order valence-corrected chi connectivity index (χ0v) is 11.3. The summed E-state index contributed by atoms with van der Waals surface area (Å²) in [5.74, 6) is 0. The fourth-order valence-electron chi connectivity index (χ4n) is 1.93. The van der Waals surface area contributed by atoms with Crippen molar-refractivity contribution < 1.29 is 13.2 Å². The van der Waals surface area contributed by atoms with Crippen LogP contribution < -0.4 is 0 Å². The van der Waals surface area contributed by atoms with Gasteiger partial charge in [0.15, 0.2) is 0 Å². The van der Waals surface area contributed by atoms with Crippen molar-refractivity contribution in [2.24, 2.45) is 0 Å². The minimum absolute atomic E-state index is 0.130. The highest BCUT2D eigenvalue weighted by atomic mass is 32.2. The highest BCUT2D eigenvalue weighted by molar-refractivity contribution is 7.89. The van der Waals surface area contributed by atoms with Gasteiger partial charge in [-0.15, -0.1) is 0 Å². The van der Waals surface area contributed by atoms with E-state index in [9.17, 15) is 13.2 Å². The third-order valence-corrected chi connectivity index (χ3v) is 4.73. The molecule has 0 saturated heterocycles. The molecule has 0 heterocycles. The summed E-state index contributed by atoms with van der Waals surface area (Å²) in [5.41, 5.74) is 2.44. The maximum atomic E-state index is 12.2. The lowest BCUT2D eigenvalue weighted by Gasteiger charge is -2.18. The van der Waals surface area contributed by atoms with Crippen molar-refractivity contribution in [3.63, 3.8) is 0 Å². The molecule has 0 saturated carbocycles. The highest BCUT2D eigenvalue weighted by Gasteiger charge is 2.24. The zero-order valence-electron chi connectivity index (χ0n) is 10.5. The number of carbonyl (C=O) groups excluding carboxylic acids is 1. The molecule has 94 valence electrons. The Morgan fingerprint density at radius 2 is 1.65 bits per heavy atom. The fraction of sp³-hybridized carbons (Fsp3) is 0.417. The normalized spacial score (nSPS) is 11.8. The molecule has 0 radical (unpaired) electrons. The number of aryl methyl sites for hydroxylation is 3. The van der Waals surface area contributed by atoms with Gasteiger partial charge < -0.3 is 4.79 Å². The van der Waals surface area contributed by atoms with E-state index in [1.807, 2.05) is 19.1 Å². The number of likely N-dealkylation sites (N-methyl/N-ethyl adjacent to an activating group) is 1. The number of benzene rings is 1. The molecule has 1 aromatic rings. The van der Waals surface area contributed by atoms with Crippen molar-refractivity contribution in [3.8, 4) is 0 Å². The summed E-state index contributed by atoms with van der Waals surface area (Å²) in [7, 11) is -2.17. The second-order valence-corrected chi connectivity index (χ2v) is 6.16. The van der Waals surface area contributed by atoms with Crippen molar-refractivity contribution in [3.05, 3.63) is 28.8 Å². The summed E-state index contributed by atoms with van der Waals surface area (Å²) < 4.78 is 25.5. The molecule has 0 unspecified atom stereocenters. The van der Waals surface area contributed by atoms with Gasteiger partial charge in [-0.2, -0.15) is 4.31 Å². The van der Waals surface area contributed by atoms with Crippen LogP contribution in [0.1, 0.15) is 16.7 Å². The number of aldehydes is 1. The number of carbonyl (C=O) groups is 1. The Morgan fingerprint density at radius 1 is 1.18 bits per heavy atom. The van der Waals surface area contributed by atoms with E-state index < -0.39 is 10.0 Å². The maximum Gasteiger partial charge on any atom is 0.243 e. The number of nitrogens with zero attached hydrogens (tertiary/aromatic N) is 1. The van der Waals surface area contributed by atoms with Gasteiger partial charge in [0.05, 0.1) is 11.4 Å². The molecule has 0 spiro atoms. The monoisotopic (exact) mass is 255 g/mol. The lowest BCUT2D eigenvalue weighted by Crippen LogP contribution is -2.29. The number of hydrogen-bond acceptors (Lipinski definition) is 3. The third kappa shape index (κ3) is 2.73. The Hall–Kier alpha value is -1.20. The van der Waals surface area contributed by atoms with E-state index in [-0.39, 0.29) is 6.54 Å². The minimum Gasteiger partial charge on any atom is -0.302 e. The molecule has 5 heteroatoms. The predicted molar refractivity (Wildman–Crippen MR) is 66.5 cm³/mol. The van der Waals surface area contributed by atoms with E-state index in [0.717, 1.165) is 9.87 Å². The first-order valence-electron chi connectivity index (χ1n) is 5.28. The molecule has 0 aliphatic rings. The van der Waals surface area contributed by atoms with Crippen LogP contribution in [0.5, 0.6) is 0 Å². The standard InChI is InChI=1S/C12H17NO3S/c1-9-7-10(2)12(11(3)8-9)17(15,16)13(4)5-6-14/h6-8H,5H2,1-4H3. The molecule has 0 amide bonds. The third-order valence-electron chi connectivity index (χ3n) is 2.60. The number of hydrogen-bond donors (Lipinski definition) is 0. The van der Waals surface area contributed by atoms with E-state index in [1.54, 1.807) is 13.8 Å². The van der Waals surface area contributed by atoms with Crippen molar-refractivity contribution >= 4 is 16.3 Å². The summed E-state index contributed by atoms with van der Waals surface area (Å²) in [6.45, 7) is 5.32. The molecule has 0 aliphatic carbocycles. The minimum atomic E-state index is -3.58. The fourth-order valence-corrected chi connectivity index (χ4v) is 3.43. The Kier molecular flexibility index (Phi) is 4.06. The van der Waals surface area contributed by atoms with Gasteiger partial charge in [-0.1, -0.05) is 17.7 Å². The molecule has 0 aromatic heterocycles. The molecule has 1 rings (SSSR count). The zero-order chi connectivity index (χ0) is 13.2. The molecule has 0 atom stereocenters. The largest absolute Gasteiger partial charge is 0.302 e. The SMILES string of the molecule is Cc1cc(C)c(S(=O)(=O)N(C)CC=O)c(C)c1. The topological polar surface area (TPSA) is 54.5 Å². The van der Waals surface area contributed by atoms with Crippen LogP contribution in [0, 0.1) is 20.8 Å². The number of sulfonamides is 1. The molecule has 4 nitrogen and oxygen atoms in total. The van der Waals surface area contributed by atoms with Crippen LogP contribution in [0.4, 0.5) is 0 Å². The average molecular weight is 255 g/mol. The lowest BCUT2D eigenvalue weighted by molar-refractivity contribution is -0.107. The molecule has 1 aromatic carbocycles. The first-order chi connectivity index (χ1) is 7.80. The van der Waals surface area contributed by atoms with Crippen LogP contribution >= 0.6 is 0 Å². The second-order valence-electron chi connectivity index (χ2n) is 4.18. The van der Waals surface area contributed by atoms with Gasteiger partial charge in [-0.25, -0.2) is 8.42 Å². The highest BCUT2D eigenvalue weighted by Crippen LogP contribution is 2.24. The van der Waals surface area contributed by atoms with Crippen LogP contribution in [0.25, 0.3) is 0 Å². The van der Waals surface area contributed by atoms with Gasteiger partial charge in [0.25, 0.3) is 0 Å². The molecular weight excluding hydrogens is 238 g/mol. The van der Waals surface area contributed by atoms with Crippen molar-refractivity contribution in [2.45, 2.75) is 25.7 Å². The quantitative estimate of drug-likeness (QED) is 0.765. The van der Waals surface area contributed by atoms with E-state index >= 15 is 0 Å². The van der Waals surface area contributed by atoms with Gasteiger partial charge in [-0.05, 0) is 31.9 Å². The molecule has 0 bridgehead atoms. The van der Waals surface area contributed by atoms with Crippen LogP contribution in [0.3, 0.4) is 0 Å². The summed E-state index contributed by atoms with van der Waals surface area (Å²) in [6.07, 6.45) is 0.580. The maximum absolute atomic E-state index is 12.2. The summed E-state index contributed by atoms with van der Waals surface area (Å²) in [4.78, 5) is 10.7. The Balaban J connectivity index is 3.39. The first-order valence-corrected chi connectivity index (χ1v) is 6.72. The van der Waals surface area contributed by atoms with Crippen LogP contribution in [-0.2, 0) is 14.8 Å². The van der Waals surface area contributed by atoms with Gasteiger partial charge in [0, 0.05) is 7.05 Å². The van der Waals surface area contributed by atoms with Crippen LogP contribution in [-0.4, -0.2) is 32.6 Å². The average Bonchev–Trinajstić information content (AvgIpc) is 2.15. The molecule has 0 aliphatic heterocycles. The molecule has 0 N–H and O–H groups in total. The van der Waals surface area contributed by atoms with Gasteiger partial charge in [0.2, 0.25) is 10.0 Å². The van der Waals surface area contributed by atoms with Gasteiger partial charge in [-0.3, -0.25) is 0 Å². The van der Waals surface area contributed by atoms with Crippen LogP contribution in [0.2, 0.25) is 0 Å². The Morgan fingerprint density at radius 3 is 2.06 bits per heavy atom. The van der Waals surface area contributed by atoms with E-state index in [1.165, 1.54) is 7.05 Å². The van der Waals surface area contributed by atoms with Crippen LogP contribution in [0.15, 0.2) is 17.0 Å². The number of rotatable bonds is 4. The Labute approximate surface area is 102 Å².